The number of carbonyl (C=O) groups is 5. The highest BCUT2D eigenvalue weighted by atomic mass is 32.2. The van der Waals surface area contributed by atoms with Gasteiger partial charge in [0.2, 0.25) is 5.91 Å². The average molecular weight is 494 g/mol. The monoisotopic (exact) mass is 493 g/mol. The van der Waals surface area contributed by atoms with Gasteiger partial charge in [-0.2, -0.15) is 0 Å². The number of nitrogens with one attached hydrogen (secondary N) is 2. The van der Waals surface area contributed by atoms with Gasteiger partial charge in [-0.05, 0) is 41.5 Å². The summed E-state index contributed by atoms with van der Waals surface area (Å²) in [6.45, 7) is 1.26. The molecule has 0 aliphatic carbocycles. The van der Waals surface area contributed by atoms with E-state index in [0.717, 1.165) is 21.6 Å². The van der Waals surface area contributed by atoms with E-state index >= 15 is 0 Å². The van der Waals surface area contributed by atoms with Crippen LogP contribution in [0.5, 0.6) is 0 Å². The van der Waals surface area contributed by atoms with Crippen LogP contribution in [-0.4, -0.2) is 63.4 Å². The summed E-state index contributed by atoms with van der Waals surface area (Å²) >= 11 is 0.815. The molecule has 2 saturated heterocycles. The van der Waals surface area contributed by atoms with E-state index in [0.29, 0.717) is 17.5 Å². The van der Waals surface area contributed by atoms with Crippen LogP contribution in [0.25, 0.3) is 6.08 Å². The van der Waals surface area contributed by atoms with Crippen LogP contribution in [0.15, 0.2) is 59.8 Å². The molecule has 1 atom stereocenters. The summed E-state index contributed by atoms with van der Waals surface area (Å²) in [5, 5.41) is 4.85. The summed E-state index contributed by atoms with van der Waals surface area (Å²) in [5.41, 5.74) is 0.113. The van der Waals surface area contributed by atoms with E-state index in [1.165, 1.54) is 0 Å². The molecule has 2 N–H and O–H groups in total. The van der Waals surface area contributed by atoms with Crippen LogP contribution in [0.4, 0.5) is 9.59 Å². The van der Waals surface area contributed by atoms with Crippen molar-refractivity contribution in [2.45, 2.75) is 18.9 Å². The first kappa shape index (κ1) is 24.1. The molecule has 2 aliphatic heterocycles. The largest absolute Gasteiger partial charge is 0.353 e. The standard InChI is InChI=1S/C24H23N5O5S/c1-2-24(17-8-4-3-5-9-17)21(32)29(22(33)27-24)15-19(30)26-11-12-28-20(31)18(35-23(28)34)13-16-7-6-10-25-14-16/h3-10,13-14H,2,11-12,15H2,1H3,(H,26,30)(H,27,33)/b18-13+/t24-/m0/s1. The molecule has 1 aromatic carbocycles. The van der Waals surface area contributed by atoms with E-state index in [2.05, 4.69) is 15.6 Å². The second kappa shape index (κ2) is 10.1. The minimum absolute atomic E-state index is 0.0156. The van der Waals surface area contributed by atoms with Crippen molar-refractivity contribution in [1.29, 1.82) is 0 Å². The Labute approximate surface area is 205 Å². The SMILES string of the molecule is CC[C@@]1(c2ccccc2)NC(=O)N(CC(=O)NCCN2C(=O)S/C(=C/c3cccnc3)C2=O)C1=O. The summed E-state index contributed by atoms with van der Waals surface area (Å²) in [6, 6.07) is 11.7. The number of hydrogen-bond acceptors (Lipinski definition) is 7. The minimum atomic E-state index is -1.22. The van der Waals surface area contributed by atoms with Crippen molar-refractivity contribution >= 4 is 46.8 Å². The topological polar surface area (TPSA) is 129 Å². The maximum atomic E-state index is 13.1. The number of carbonyl (C=O) groups excluding carboxylic acids is 5. The fraction of sp³-hybridized carbons (Fsp3) is 0.250. The van der Waals surface area contributed by atoms with Crippen molar-refractivity contribution in [3.8, 4) is 0 Å². The molecule has 10 nitrogen and oxygen atoms in total. The fourth-order valence-electron chi connectivity index (χ4n) is 3.94. The summed E-state index contributed by atoms with van der Waals surface area (Å²) in [7, 11) is 0. The lowest BCUT2D eigenvalue weighted by Crippen LogP contribution is -2.45. The molecule has 0 bridgehead atoms. The van der Waals surface area contributed by atoms with Gasteiger partial charge >= 0.3 is 6.03 Å². The first-order chi connectivity index (χ1) is 16.9. The quantitative estimate of drug-likeness (QED) is 0.426. The molecule has 180 valence electrons. The maximum Gasteiger partial charge on any atom is 0.325 e. The Kier molecular flexibility index (Phi) is 6.97. The Bertz CT molecular complexity index is 1200. The fourth-order valence-corrected chi connectivity index (χ4v) is 4.81. The smallest absolute Gasteiger partial charge is 0.325 e. The molecule has 0 radical (unpaired) electrons. The zero-order valence-electron chi connectivity index (χ0n) is 18.9. The van der Waals surface area contributed by atoms with Gasteiger partial charge in [0.05, 0.1) is 4.91 Å². The second-order valence-electron chi connectivity index (χ2n) is 7.92. The van der Waals surface area contributed by atoms with Crippen LogP contribution in [-0.2, 0) is 19.9 Å². The van der Waals surface area contributed by atoms with E-state index < -0.39 is 41.1 Å². The number of hydrogen-bond donors (Lipinski definition) is 2. The predicted molar refractivity (Wildman–Crippen MR) is 129 cm³/mol. The van der Waals surface area contributed by atoms with E-state index in [1.807, 2.05) is 6.07 Å². The number of benzene rings is 1. The van der Waals surface area contributed by atoms with Crippen molar-refractivity contribution in [1.82, 2.24) is 25.4 Å². The van der Waals surface area contributed by atoms with Crippen LogP contribution < -0.4 is 10.6 Å². The van der Waals surface area contributed by atoms with Gasteiger partial charge in [0.25, 0.3) is 17.1 Å². The third-order valence-corrected chi connectivity index (χ3v) is 6.70. The van der Waals surface area contributed by atoms with Gasteiger partial charge in [0.15, 0.2) is 0 Å². The van der Waals surface area contributed by atoms with E-state index in [1.54, 1.807) is 61.8 Å². The lowest BCUT2D eigenvalue weighted by Gasteiger charge is -2.25. The molecule has 1 aromatic heterocycles. The van der Waals surface area contributed by atoms with Gasteiger partial charge in [0, 0.05) is 25.5 Å². The number of rotatable bonds is 8. The average Bonchev–Trinajstić information content (AvgIpc) is 3.27. The molecule has 2 fully saturated rings. The number of thioether (sulfide) groups is 1. The molecule has 35 heavy (non-hydrogen) atoms. The van der Waals surface area contributed by atoms with Crippen LogP contribution >= 0.6 is 11.8 Å². The summed E-state index contributed by atoms with van der Waals surface area (Å²) in [5.74, 6) is -1.54. The van der Waals surface area contributed by atoms with Crippen LogP contribution in [0.3, 0.4) is 0 Å². The van der Waals surface area contributed by atoms with Crippen molar-refractivity contribution in [2.24, 2.45) is 0 Å². The van der Waals surface area contributed by atoms with E-state index in [4.69, 9.17) is 0 Å². The zero-order chi connectivity index (χ0) is 25.0. The molecule has 4 rings (SSSR count). The van der Waals surface area contributed by atoms with Crippen molar-refractivity contribution < 1.29 is 24.0 Å². The molecule has 11 heteroatoms. The Morgan fingerprint density at radius 1 is 1.11 bits per heavy atom. The molecule has 2 aromatic rings. The summed E-state index contributed by atoms with van der Waals surface area (Å²) in [4.78, 5) is 69.1. The summed E-state index contributed by atoms with van der Waals surface area (Å²) in [6.07, 6.45) is 5.09. The number of pyridine rings is 1. The molecule has 0 spiro atoms. The van der Waals surface area contributed by atoms with Gasteiger partial charge in [-0.1, -0.05) is 43.3 Å². The van der Waals surface area contributed by atoms with Gasteiger partial charge in [-0.25, -0.2) is 4.79 Å². The number of nitrogens with zero attached hydrogens (tertiary/aromatic N) is 3. The maximum absolute atomic E-state index is 13.1. The van der Waals surface area contributed by atoms with Gasteiger partial charge in [-0.3, -0.25) is 34.0 Å². The van der Waals surface area contributed by atoms with Crippen molar-refractivity contribution in [2.75, 3.05) is 19.6 Å². The lowest BCUT2D eigenvalue weighted by molar-refractivity contribution is -0.135. The van der Waals surface area contributed by atoms with Crippen LogP contribution in [0.1, 0.15) is 24.5 Å². The number of amides is 6. The Hall–Kier alpha value is -3.99. The molecular weight excluding hydrogens is 470 g/mol. The van der Waals surface area contributed by atoms with Crippen molar-refractivity contribution in [3.05, 3.63) is 70.9 Å². The molecule has 2 aliphatic rings. The third kappa shape index (κ3) is 4.80. The molecule has 0 saturated carbocycles. The highest BCUT2D eigenvalue weighted by Crippen LogP contribution is 2.33. The highest BCUT2D eigenvalue weighted by molar-refractivity contribution is 8.18. The van der Waals surface area contributed by atoms with Gasteiger partial charge < -0.3 is 10.6 Å². The van der Waals surface area contributed by atoms with Gasteiger partial charge in [-0.15, -0.1) is 0 Å². The molecular formula is C24H23N5O5S. The number of imide groups is 2. The van der Waals surface area contributed by atoms with E-state index in [9.17, 15) is 24.0 Å². The third-order valence-electron chi connectivity index (χ3n) is 5.79. The first-order valence-corrected chi connectivity index (χ1v) is 11.8. The number of urea groups is 1. The molecule has 6 amide bonds. The number of aromatic nitrogens is 1. The Morgan fingerprint density at radius 2 is 1.89 bits per heavy atom. The highest BCUT2D eigenvalue weighted by Gasteiger charge is 2.51. The normalized spacial score (nSPS) is 21.1. The van der Waals surface area contributed by atoms with Crippen molar-refractivity contribution in [3.63, 3.8) is 0 Å². The van der Waals surface area contributed by atoms with Gasteiger partial charge in [0.1, 0.15) is 12.1 Å². The first-order valence-electron chi connectivity index (χ1n) is 11.0. The molecule has 0 unspecified atom stereocenters. The Balaban J connectivity index is 1.33. The van der Waals surface area contributed by atoms with E-state index in [-0.39, 0.29) is 18.0 Å². The molecule has 3 heterocycles. The van der Waals surface area contributed by atoms with Crippen LogP contribution in [0.2, 0.25) is 0 Å². The lowest BCUT2D eigenvalue weighted by atomic mass is 9.87. The minimum Gasteiger partial charge on any atom is -0.353 e. The second-order valence-corrected chi connectivity index (χ2v) is 8.91. The predicted octanol–water partition coefficient (Wildman–Crippen LogP) is 2.09. The zero-order valence-corrected chi connectivity index (χ0v) is 19.7. The Morgan fingerprint density at radius 3 is 2.57 bits per heavy atom. The summed E-state index contributed by atoms with van der Waals surface area (Å²) < 4.78 is 0. The van der Waals surface area contributed by atoms with Crippen LogP contribution in [0, 0.1) is 0 Å².